The van der Waals surface area contributed by atoms with E-state index in [9.17, 15) is 0 Å². The van der Waals surface area contributed by atoms with E-state index >= 15 is 0 Å². The Morgan fingerprint density at radius 1 is 0.919 bits per heavy atom. The molecule has 1 aliphatic rings. The normalized spacial score (nSPS) is 16.0. The molecule has 6 heteroatoms. The maximum absolute atomic E-state index is 5.95. The highest BCUT2D eigenvalue weighted by molar-refractivity contribution is 5.59. The van der Waals surface area contributed by atoms with Crippen LogP contribution in [-0.2, 0) is 23.3 Å². The van der Waals surface area contributed by atoms with Crippen LogP contribution in [0.25, 0.3) is 11.3 Å². The third-order valence-corrected chi connectivity index (χ3v) is 7.54. The van der Waals surface area contributed by atoms with Crippen molar-refractivity contribution in [3.63, 3.8) is 0 Å². The van der Waals surface area contributed by atoms with E-state index in [1.54, 1.807) is 6.20 Å². The molecule has 3 heterocycles. The molecule has 0 amide bonds. The molecule has 2 aromatic carbocycles. The Morgan fingerprint density at radius 2 is 1.62 bits per heavy atom. The SMILES string of the molecule is CC(C)C(C)(c1ccc(OCc2ccccn2)cc1)c1ccc(-c2cc(CN3CCOCC3)no2)cc1. The number of hydrogen-bond donors (Lipinski definition) is 0. The summed E-state index contributed by atoms with van der Waals surface area (Å²) in [5.74, 6) is 2.04. The fourth-order valence-corrected chi connectivity index (χ4v) is 4.86. The van der Waals surface area contributed by atoms with Crippen LogP contribution in [-0.4, -0.2) is 41.3 Å². The maximum Gasteiger partial charge on any atom is 0.167 e. The summed E-state index contributed by atoms with van der Waals surface area (Å²) < 4.78 is 17.1. The van der Waals surface area contributed by atoms with Crippen molar-refractivity contribution in [1.82, 2.24) is 15.0 Å². The van der Waals surface area contributed by atoms with Crippen molar-refractivity contribution in [2.75, 3.05) is 26.3 Å². The van der Waals surface area contributed by atoms with Crippen LogP contribution in [0.5, 0.6) is 5.75 Å². The summed E-state index contributed by atoms with van der Waals surface area (Å²) in [7, 11) is 0. The van der Waals surface area contributed by atoms with Gasteiger partial charge in [0.1, 0.15) is 12.4 Å². The van der Waals surface area contributed by atoms with E-state index in [1.165, 1.54) is 11.1 Å². The minimum Gasteiger partial charge on any atom is -0.487 e. The highest BCUT2D eigenvalue weighted by atomic mass is 16.5. The molecule has 0 radical (unpaired) electrons. The van der Waals surface area contributed by atoms with Gasteiger partial charge in [-0.15, -0.1) is 0 Å². The van der Waals surface area contributed by atoms with Gasteiger partial charge in [-0.2, -0.15) is 0 Å². The number of nitrogens with zero attached hydrogens (tertiary/aromatic N) is 3. The molecule has 192 valence electrons. The molecule has 1 unspecified atom stereocenters. The van der Waals surface area contributed by atoms with Crippen LogP contribution in [0, 0.1) is 5.92 Å². The van der Waals surface area contributed by atoms with Gasteiger partial charge in [-0.25, -0.2) is 0 Å². The number of aromatic nitrogens is 2. The zero-order chi connectivity index (χ0) is 25.7. The van der Waals surface area contributed by atoms with E-state index < -0.39 is 0 Å². The maximum atomic E-state index is 5.95. The van der Waals surface area contributed by atoms with Gasteiger partial charge in [0.15, 0.2) is 5.76 Å². The Labute approximate surface area is 219 Å². The van der Waals surface area contributed by atoms with Gasteiger partial charge in [0.2, 0.25) is 0 Å². The van der Waals surface area contributed by atoms with E-state index in [0.717, 1.165) is 61.3 Å². The summed E-state index contributed by atoms with van der Waals surface area (Å²) in [6.07, 6.45) is 1.79. The summed E-state index contributed by atoms with van der Waals surface area (Å²) in [6.45, 7) is 11.5. The smallest absolute Gasteiger partial charge is 0.167 e. The van der Waals surface area contributed by atoms with Gasteiger partial charge in [0, 0.05) is 42.9 Å². The minimum absolute atomic E-state index is 0.152. The van der Waals surface area contributed by atoms with E-state index in [4.69, 9.17) is 14.0 Å². The zero-order valence-electron chi connectivity index (χ0n) is 21.9. The standard InChI is InChI=1S/C31H35N3O3/c1-23(2)31(3,26-11-13-29(14-12-26)36-22-27-6-4-5-15-32-27)25-9-7-24(8-10-25)30-20-28(33-37-30)21-34-16-18-35-19-17-34/h4-15,20,23H,16-19,21-22H2,1-3H3. The van der Waals surface area contributed by atoms with Crippen molar-refractivity contribution in [3.05, 3.63) is 102 Å². The molecule has 0 bridgehead atoms. The molecule has 4 aromatic rings. The molecule has 6 nitrogen and oxygen atoms in total. The predicted molar refractivity (Wildman–Crippen MR) is 144 cm³/mol. The van der Waals surface area contributed by atoms with Gasteiger partial charge in [-0.1, -0.05) is 68.4 Å². The van der Waals surface area contributed by atoms with Crippen molar-refractivity contribution in [2.24, 2.45) is 5.92 Å². The van der Waals surface area contributed by atoms with Gasteiger partial charge in [-0.05, 0) is 41.3 Å². The first kappa shape index (κ1) is 25.2. The molecule has 5 rings (SSSR count). The number of morpholine rings is 1. The quantitative estimate of drug-likeness (QED) is 0.278. The number of ether oxygens (including phenoxy) is 2. The highest BCUT2D eigenvalue weighted by Gasteiger charge is 2.32. The third kappa shape index (κ3) is 5.76. The molecule has 0 N–H and O–H groups in total. The summed E-state index contributed by atoms with van der Waals surface area (Å²) in [5.41, 5.74) is 5.28. The Morgan fingerprint density at radius 3 is 2.27 bits per heavy atom. The van der Waals surface area contributed by atoms with Crippen molar-refractivity contribution in [1.29, 1.82) is 0 Å². The van der Waals surface area contributed by atoms with Crippen LogP contribution < -0.4 is 4.74 Å². The topological polar surface area (TPSA) is 60.6 Å². The first-order valence-corrected chi connectivity index (χ1v) is 13.0. The van der Waals surface area contributed by atoms with Crippen molar-refractivity contribution < 1.29 is 14.0 Å². The molecule has 1 fully saturated rings. The van der Waals surface area contributed by atoms with E-state index in [1.807, 2.05) is 18.2 Å². The summed E-state index contributed by atoms with van der Waals surface area (Å²) in [6, 6.07) is 25.1. The fraction of sp³-hybridized carbons (Fsp3) is 0.355. The lowest BCUT2D eigenvalue weighted by molar-refractivity contribution is 0.0332. The zero-order valence-corrected chi connectivity index (χ0v) is 21.9. The lowest BCUT2D eigenvalue weighted by Gasteiger charge is -2.35. The second kappa shape index (κ2) is 11.3. The van der Waals surface area contributed by atoms with Crippen LogP contribution in [0.2, 0.25) is 0 Å². The number of benzene rings is 2. The molecule has 0 spiro atoms. The molecular weight excluding hydrogens is 462 g/mol. The molecule has 1 atom stereocenters. The fourth-order valence-electron chi connectivity index (χ4n) is 4.86. The van der Waals surface area contributed by atoms with Crippen molar-refractivity contribution >= 4 is 0 Å². The summed E-state index contributed by atoms with van der Waals surface area (Å²) in [4.78, 5) is 6.67. The first-order chi connectivity index (χ1) is 18.0. The van der Waals surface area contributed by atoms with Gasteiger partial charge in [0.25, 0.3) is 0 Å². The second-order valence-electron chi connectivity index (χ2n) is 10.1. The molecule has 1 aliphatic heterocycles. The highest BCUT2D eigenvalue weighted by Crippen LogP contribution is 2.40. The van der Waals surface area contributed by atoms with Gasteiger partial charge in [0.05, 0.1) is 24.6 Å². The van der Waals surface area contributed by atoms with E-state index in [2.05, 4.69) is 90.4 Å². The Hall–Kier alpha value is -3.48. The molecule has 0 aliphatic carbocycles. The first-order valence-electron chi connectivity index (χ1n) is 13.0. The van der Waals surface area contributed by atoms with Crippen LogP contribution in [0.3, 0.4) is 0 Å². The molecule has 2 aromatic heterocycles. The largest absolute Gasteiger partial charge is 0.487 e. The van der Waals surface area contributed by atoms with Gasteiger partial charge in [-0.3, -0.25) is 9.88 Å². The summed E-state index contributed by atoms with van der Waals surface area (Å²) in [5, 5.41) is 4.30. The lowest BCUT2D eigenvalue weighted by atomic mass is 9.68. The molecule has 37 heavy (non-hydrogen) atoms. The number of rotatable bonds is 9. The van der Waals surface area contributed by atoms with E-state index in [0.29, 0.717) is 12.5 Å². The Bertz CT molecular complexity index is 1260. The van der Waals surface area contributed by atoms with Crippen LogP contribution in [0.15, 0.2) is 83.5 Å². The average Bonchev–Trinajstić information content (AvgIpc) is 3.41. The molecule has 1 saturated heterocycles. The minimum atomic E-state index is -0.152. The molecule has 0 saturated carbocycles. The summed E-state index contributed by atoms with van der Waals surface area (Å²) >= 11 is 0. The number of hydrogen-bond acceptors (Lipinski definition) is 6. The van der Waals surface area contributed by atoms with Crippen molar-refractivity contribution in [2.45, 2.75) is 39.3 Å². The van der Waals surface area contributed by atoms with E-state index in [-0.39, 0.29) is 5.41 Å². The predicted octanol–water partition coefficient (Wildman–Crippen LogP) is 6.11. The van der Waals surface area contributed by atoms with Crippen LogP contribution in [0.4, 0.5) is 0 Å². The average molecular weight is 498 g/mol. The monoisotopic (exact) mass is 497 g/mol. The lowest BCUT2D eigenvalue weighted by Crippen LogP contribution is -2.35. The van der Waals surface area contributed by atoms with Gasteiger partial charge < -0.3 is 14.0 Å². The Balaban J connectivity index is 1.29. The Kier molecular flexibility index (Phi) is 7.68. The molecular formula is C31H35N3O3. The second-order valence-corrected chi connectivity index (χ2v) is 10.1. The number of pyridine rings is 1. The van der Waals surface area contributed by atoms with Crippen LogP contribution >= 0.6 is 0 Å². The van der Waals surface area contributed by atoms with Crippen molar-refractivity contribution in [3.8, 4) is 17.1 Å². The van der Waals surface area contributed by atoms with Gasteiger partial charge >= 0.3 is 0 Å². The van der Waals surface area contributed by atoms with Crippen LogP contribution in [0.1, 0.15) is 43.3 Å². The third-order valence-electron chi connectivity index (χ3n) is 7.54.